The Balaban J connectivity index is 1.62. The Morgan fingerprint density at radius 2 is 1.82 bits per heavy atom. The van der Waals surface area contributed by atoms with E-state index in [-0.39, 0.29) is 29.7 Å². The number of hydrogen-bond donors (Lipinski definition) is 2. The van der Waals surface area contributed by atoms with Crippen LogP contribution in [0.1, 0.15) is 54.1 Å². The standard InChI is InChI=1S/C31H32FN5OS/c1-18(2)30(38)34-26-13-12-24(15-19(26)3)37-29(28(35-31(37)39)27-11-6-7-14-33-27)25-16-20(4)36(21(25)5)23-10-8-9-22(32)17-23/h6-18,28-29H,1-5H3,(H,34,38)(H,35,39)/t28-,29+/m0/s1. The summed E-state index contributed by atoms with van der Waals surface area (Å²) in [6, 6.07) is 20.2. The molecule has 39 heavy (non-hydrogen) atoms. The number of halogens is 1. The Labute approximate surface area is 233 Å². The average molecular weight is 542 g/mol. The van der Waals surface area contributed by atoms with E-state index in [0.717, 1.165) is 45.3 Å². The van der Waals surface area contributed by atoms with Crippen LogP contribution in [0.15, 0.2) is 72.9 Å². The predicted molar refractivity (Wildman–Crippen MR) is 158 cm³/mol. The van der Waals surface area contributed by atoms with Gasteiger partial charge in [0.05, 0.1) is 17.8 Å². The van der Waals surface area contributed by atoms with Gasteiger partial charge in [0.15, 0.2) is 5.11 Å². The minimum Gasteiger partial charge on any atom is -0.351 e. The number of carbonyl (C=O) groups is 1. The molecule has 5 rings (SSSR count). The quantitative estimate of drug-likeness (QED) is 0.266. The van der Waals surface area contributed by atoms with E-state index in [4.69, 9.17) is 12.2 Å². The molecule has 1 saturated heterocycles. The van der Waals surface area contributed by atoms with Crippen molar-refractivity contribution in [3.05, 3.63) is 107 Å². The van der Waals surface area contributed by atoms with E-state index >= 15 is 0 Å². The lowest BCUT2D eigenvalue weighted by molar-refractivity contribution is -0.118. The smallest absolute Gasteiger partial charge is 0.226 e. The first-order chi connectivity index (χ1) is 18.7. The molecule has 200 valence electrons. The molecule has 0 aliphatic carbocycles. The highest BCUT2D eigenvalue weighted by atomic mass is 32.1. The van der Waals surface area contributed by atoms with Crippen LogP contribution in [0.4, 0.5) is 15.8 Å². The molecule has 1 aliphatic heterocycles. The lowest BCUT2D eigenvalue weighted by Gasteiger charge is -2.29. The van der Waals surface area contributed by atoms with Gasteiger partial charge >= 0.3 is 0 Å². The van der Waals surface area contributed by atoms with Crippen molar-refractivity contribution in [3.63, 3.8) is 0 Å². The second-order valence-electron chi connectivity index (χ2n) is 10.3. The van der Waals surface area contributed by atoms with Gasteiger partial charge in [-0.2, -0.15) is 0 Å². The molecule has 0 bridgehead atoms. The van der Waals surface area contributed by atoms with Crippen LogP contribution in [0.3, 0.4) is 0 Å². The second-order valence-corrected chi connectivity index (χ2v) is 10.7. The highest BCUT2D eigenvalue weighted by molar-refractivity contribution is 7.80. The first-order valence-electron chi connectivity index (χ1n) is 13.0. The molecule has 2 aromatic carbocycles. The van der Waals surface area contributed by atoms with Crippen molar-refractivity contribution >= 4 is 34.6 Å². The third-order valence-corrected chi connectivity index (χ3v) is 7.54. The van der Waals surface area contributed by atoms with Crippen LogP contribution in [0.2, 0.25) is 0 Å². The summed E-state index contributed by atoms with van der Waals surface area (Å²) in [6.07, 6.45) is 1.78. The molecule has 0 spiro atoms. The van der Waals surface area contributed by atoms with E-state index in [9.17, 15) is 9.18 Å². The summed E-state index contributed by atoms with van der Waals surface area (Å²) in [5.41, 5.74) is 7.33. The second kappa shape index (κ2) is 10.6. The van der Waals surface area contributed by atoms with Gasteiger partial charge in [-0.3, -0.25) is 9.78 Å². The zero-order valence-corrected chi connectivity index (χ0v) is 23.5. The van der Waals surface area contributed by atoms with E-state index in [1.54, 1.807) is 18.3 Å². The van der Waals surface area contributed by atoms with Gasteiger partial charge in [0.1, 0.15) is 5.82 Å². The van der Waals surface area contributed by atoms with E-state index < -0.39 is 0 Å². The highest BCUT2D eigenvalue weighted by Gasteiger charge is 2.42. The van der Waals surface area contributed by atoms with E-state index in [2.05, 4.69) is 38.1 Å². The maximum absolute atomic E-state index is 14.2. The van der Waals surface area contributed by atoms with Crippen molar-refractivity contribution in [1.82, 2.24) is 14.9 Å². The molecule has 2 atom stereocenters. The molecule has 2 aromatic heterocycles. The topological polar surface area (TPSA) is 62.2 Å². The van der Waals surface area contributed by atoms with Gasteiger partial charge in [-0.25, -0.2) is 4.39 Å². The molecule has 1 amide bonds. The van der Waals surface area contributed by atoms with Gasteiger partial charge in [0, 0.05) is 40.6 Å². The molecule has 0 saturated carbocycles. The summed E-state index contributed by atoms with van der Waals surface area (Å²) in [6.45, 7) is 9.80. The molecular formula is C31H32FN5OS. The van der Waals surface area contributed by atoms with E-state index in [1.807, 2.05) is 70.2 Å². The number of nitrogens with one attached hydrogen (secondary N) is 2. The fourth-order valence-electron chi connectivity index (χ4n) is 5.26. The normalized spacial score (nSPS) is 17.0. The van der Waals surface area contributed by atoms with Crippen LogP contribution < -0.4 is 15.5 Å². The average Bonchev–Trinajstić information content (AvgIpc) is 3.40. The monoisotopic (exact) mass is 541 g/mol. The molecule has 1 aliphatic rings. The van der Waals surface area contributed by atoms with Gasteiger partial charge in [-0.05, 0) is 98.7 Å². The van der Waals surface area contributed by atoms with Crippen LogP contribution in [0.25, 0.3) is 5.69 Å². The van der Waals surface area contributed by atoms with Crippen molar-refractivity contribution in [2.75, 3.05) is 10.2 Å². The summed E-state index contributed by atoms with van der Waals surface area (Å²) >= 11 is 5.91. The fourth-order valence-corrected chi connectivity index (χ4v) is 5.61. The number of aromatic nitrogens is 2. The zero-order chi connectivity index (χ0) is 27.8. The molecule has 8 heteroatoms. The maximum Gasteiger partial charge on any atom is 0.226 e. The lowest BCUT2D eigenvalue weighted by Crippen LogP contribution is -2.29. The lowest BCUT2D eigenvalue weighted by atomic mass is 9.96. The summed E-state index contributed by atoms with van der Waals surface area (Å²) in [7, 11) is 0. The number of nitrogens with zero attached hydrogens (tertiary/aromatic N) is 3. The maximum atomic E-state index is 14.2. The Hall–Kier alpha value is -4.04. The Kier molecular flexibility index (Phi) is 7.23. The highest BCUT2D eigenvalue weighted by Crippen LogP contribution is 2.44. The van der Waals surface area contributed by atoms with Crippen molar-refractivity contribution in [2.24, 2.45) is 5.92 Å². The Morgan fingerprint density at radius 1 is 1.03 bits per heavy atom. The van der Waals surface area contributed by atoms with Crippen molar-refractivity contribution < 1.29 is 9.18 Å². The van der Waals surface area contributed by atoms with Gasteiger partial charge in [-0.15, -0.1) is 0 Å². The number of carbonyl (C=O) groups excluding carboxylic acids is 1. The third kappa shape index (κ3) is 5.04. The molecule has 1 fully saturated rings. The van der Waals surface area contributed by atoms with Crippen molar-refractivity contribution in [3.8, 4) is 5.69 Å². The minimum atomic E-state index is -0.279. The number of thiocarbonyl (C=S) groups is 1. The predicted octanol–water partition coefficient (Wildman–Crippen LogP) is 6.71. The van der Waals surface area contributed by atoms with Crippen LogP contribution >= 0.6 is 12.2 Å². The molecule has 4 aromatic rings. The van der Waals surface area contributed by atoms with E-state index in [0.29, 0.717) is 5.11 Å². The van der Waals surface area contributed by atoms with Crippen LogP contribution in [-0.4, -0.2) is 20.6 Å². The summed E-state index contributed by atoms with van der Waals surface area (Å²) in [4.78, 5) is 19.1. The summed E-state index contributed by atoms with van der Waals surface area (Å²) in [5.74, 6) is -0.420. The van der Waals surface area contributed by atoms with Gasteiger partial charge in [-0.1, -0.05) is 26.0 Å². The third-order valence-electron chi connectivity index (χ3n) is 7.22. The number of hydrogen-bond acceptors (Lipinski definition) is 3. The SMILES string of the molecule is Cc1cc(N2C(=S)N[C@@H](c3ccccn3)[C@H]2c2cc(C)n(-c3cccc(F)c3)c2C)ccc1NC(=O)C(C)C. The first-order valence-corrected chi connectivity index (χ1v) is 13.4. The van der Waals surface area contributed by atoms with Gasteiger partial charge < -0.3 is 20.1 Å². The summed E-state index contributed by atoms with van der Waals surface area (Å²) < 4.78 is 16.2. The molecular weight excluding hydrogens is 509 g/mol. The van der Waals surface area contributed by atoms with Crippen LogP contribution in [0, 0.1) is 32.5 Å². The number of pyridine rings is 1. The van der Waals surface area contributed by atoms with Gasteiger partial charge in [0.2, 0.25) is 5.91 Å². The molecule has 0 unspecified atom stereocenters. The molecule has 3 heterocycles. The summed E-state index contributed by atoms with van der Waals surface area (Å²) in [5, 5.41) is 7.11. The number of aryl methyl sites for hydroxylation is 2. The molecule has 0 radical (unpaired) electrons. The minimum absolute atomic E-state index is 0.0258. The largest absolute Gasteiger partial charge is 0.351 e. The van der Waals surface area contributed by atoms with Crippen LogP contribution in [-0.2, 0) is 4.79 Å². The van der Waals surface area contributed by atoms with Crippen molar-refractivity contribution in [1.29, 1.82) is 0 Å². The van der Waals surface area contributed by atoms with Gasteiger partial charge in [0.25, 0.3) is 0 Å². The number of benzene rings is 2. The van der Waals surface area contributed by atoms with Crippen molar-refractivity contribution in [2.45, 2.75) is 46.7 Å². The number of amides is 1. The van der Waals surface area contributed by atoms with Crippen LogP contribution in [0.5, 0.6) is 0 Å². The van der Waals surface area contributed by atoms with E-state index in [1.165, 1.54) is 6.07 Å². The Bertz CT molecular complexity index is 1550. The number of rotatable bonds is 6. The Morgan fingerprint density at radius 3 is 2.49 bits per heavy atom. The fraction of sp³-hybridized carbons (Fsp3) is 0.258. The molecule has 2 N–H and O–H groups in total. The zero-order valence-electron chi connectivity index (χ0n) is 22.7. The molecule has 6 nitrogen and oxygen atoms in total. The first kappa shape index (κ1) is 26.6. The number of anilines is 2.